The van der Waals surface area contributed by atoms with Crippen molar-refractivity contribution in [1.29, 1.82) is 0 Å². The number of nitrogens with one attached hydrogen (secondary N) is 2. The Morgan fingerprint density at radius 2 is 1.79 bits per heavy atom. The van der Waals surface area contributed by atoms with Gasteiger partial charge in [-0.05, 0) is 42.0 Å². The smallest absolute Gasteiger partial charge is 0.270 e. The Bertz CT molecular complexity index is 1140. The molecule has 4 rings (SSSR count). The van der Waals surface area contributed by atoms with Crippen molar-refractivity contribution >= 4 is 28.2 Å². The summed E-state index contributed by atoms with van der Waals surface area (Å²) in [5, 5.41) is 7.27. The number of methoxy groups -OCH3 is 1. The van der Waals surface area contributed by atoms with Crippen LogP contribution in [-0.2, 0) is 6.54 Å². The number of carbonyl (C=O) groups excluding carboxylic acids is 1. The first-order valence-corrected chi connectivity index (χ1v) is 9.21. The molecule has 0 saturated heterocycles. The maximum Gasteiger partial charge on any atom is 0.270 e. The topological polar surface area (TPSA) is 76.1 Å². The van der Waals surface area contributed by atoms with Crippen LogP contribution in [0.3, 0.4) is 0 Å². The van der Waals surface area contributed by atoms with Crippen LogP contribution in [-0.4, -0.2) is 23.0 Å². The number of hydrogen-bond donors (Lipinski definition) is 2. The maximum absolute atomic E-state index is 12.5. The summed E-state index contributed by atoms with van der Waals surface area (Å²) in [5.74, 6) is 0.545. The van der Waals surface area contributed by atoms with Gasteiger partial charge in [0.15, 0.2) is 0 Å². The van der Waals surface area contributed by atoms with E-state index in [1.807, 2.05) is 60.7 Å². The van der Waals surface area contributed by atoms with E-state index in [1.165, 1.54) is 0 Å². The quantitative estimate of drug-likeness (QED) is 0.518. The van der Waals surface area contributed by atoms with E-state index in [0.717, 1.165) is 33.6 Å². The highest BCUT2D eigenvalue weighted by Crippen LogP contribution is 2.24. The lowest BCUT2D eigenvalue weighted by Crippen LogP contribution is -2.23. The minimum Gasteiger partial charge on any atom is -0.497 e. The number of aromatic nitrogens is 2. The fourth-order valence-corrected chi connectivity index (χ4v) is 3.01. The molecule has 2 N–H and O–H groups in total. The number of ether oxygens (including phenoxy) is 1. The molecule has 0 spiro atoms. The first kappa shape index (κ1) is 18.4. The van der Waals surface area contributed by atoms with Gasteiger partial charge in [0.05, 0.1) is 18.3 Å². The summed E-state index contributed by atoms with van der Waals surface area (Å²) < 4.78 is 5.14. The molecule has 0 radical (unpaired) electrons. The Hall–Kier alpha value is -3.93. The van der Waals surface area contributed by atoms with Crippen molar-refractivity contribution in [3.05, 3.63) is 90.4 Å². The van der Waals surface area contributed by atoms with Gasteiger partial charge in [-0.1, -0.05) is 30.3 Å². The van der Waals surface area contributed by atoms with Crippen LogP contribution in [0.2, 0.25) is 0 Å². The number of amides is 1. The maximum atomic E-state index is 12.5. The zero-order valence-corrected chi connectivity index (χ0v) is 15.9. The molecule has 0 aliphatic rings. The average Bonchev–Trinajstić information content (AvgIpc) is 2.78. The normalized spacial score (nSPS) is 10.5. The van der Waals surface area contributed by atoms with Gasteiger partial charge in [-0.3, -0.25) is 14.8 Å². The number of benzene rings is 2. The van der Waals surface area contributed by atoms with Gasteiger partial charge in [0.2, 0.25) is 0 Å². The standard InChI is InChI=1S/C23H20N4O2/c1-29-19-9-7-16(8-10-19)15-26-23(28)21-14-18(11-13-24-21)27-20-6-2-4-17-5-3-12-25-22(17)20/h2-14H,15H2,1H3,(H,24,27)(H,26,28). The van der Waals surface area contributed by atoms with Gasteiger partial charge in [-0.15, -0.1) is 0 Å². The zero-order valence-electron chi connectivity index (χ0n) is 15.9. The molecule has 0 bridgehead atoms. The van der Waals surface area contributed by atoms with Crippen molar-refractivity contribution in [3.8, 4) is 5.75 Å². The summed E-state index contributed by atoms with van der Waals surface area (Å²) in [5.41, 5.74) is 3.84. The Balaban J connectivity index is 1.47. The Morgan fingerprint density at radius 1 is 0.966 bits per heavy atom. The van der Waals surface area contributed by atoms with E-state index in [4.69, 9.17) is 4.74 Å². The van der Waals surface area contributed by atoms with E-state index in [9.17, 15) is 4.79 Å². The lowest BCUT2D eigenvalue weighted by Gasteiger charge is -2.10. The Labute approximate surface area is 168 Å². The number of nitrogens with zero attached hydrogens (tertiary/aromatic N) is 2. The SMILES string of the molecule is COc1ccc(CNC(=O)c2cc(Nc3cccc4cccnc34)ccn2)cc1. The summed E-state index contributed by atoms with van der Waals surface area (Å²) in [6, 6.07) is 21.0. The predicted octanol–water partition coefficient (Wildman–Crippen LogP) is 4.31. The van der Waals surface area contributed by atoms with Crippen LogP contribution in [0.4, 0.5) is 11.4 Å². The third-order valence-corrected chi connectivity index (χ3v) is 4.52. The van der Waals surface area contributed by atoms with E-state index in [1.54, 1.807) is 25.6 Å². The number of carbonyl (C=O) groups is 1. The number of hydrogen-bond acceptors (Lipinski definition) is 5. The molecule has 144 valence electrons. The Morgan fingerprint density at radius 3 is 2.62 bits per heavy atom. The molecule has 2 aromatic heterocycles. The van der Waals surface area contributed by atoms with Crippen molar-refractivity contribution in [2.45, 2.75) is 6.54 Å². The van der Waals surface area contributed by atoms with Gasteiger partial charge in [-0.25, -0.2) is 0 Å². The second-order valence-electron chi connectivity index (χ2n) is 6.47. The van der Waals surface area contributed by atoms with Crippen LogP contribution in [0.15, 0.2) is 79.1 Å². The van der Waals surface area contributed by atoms with Gasteiger partial charge in [0.1, 0.15) is 11.4 Å². The molecule has 0 aliphatic carbocycles. The number of rotatable bonds is 6. The van der Waals surface area contributed by atoms with Gasteiger partial charge in [0, 0.05) is 30.0 Å². The largest absolute Gasteiger partial charge is 0.497 e. The zero-order chi connectivity index (χ0) is 20.1. The monoisotopic (exact) mass is 384 g/mol. The van der Waals surface area contributed by atoms with E-state index in [2.05, 4.69) is 20.6 Å². The summed E-state index contributed by atoms with van der Waals surface area (Å²) in [6.07, 6.45) is 3.38. The molecular formula is C23H20N4O2. The molecule has 0 fully saturated rings. The molecule has 0 aliphatic heterocycles. The fraction of sp³-hybridized carbons (Fsp3) is 0.0870. The van der Waals surface area contributed by atoms with Gasteiger partial charge >= 0.3 is 0 Å². The molecule has 6 heteroatoms. The van der Waals surface area contributed by atoms with Crippen molar-refractivity contribution in [2.24, 2.45) is 0 Å². The van der Waals surface area contributed by atoms with Crippen molar-refractivity contribution < 1.29 is 9.53 Å². The number of pyridine rings is 2. The minimum absolute atomic E-state index is 0.236. The molecule has 0 saturated carbocycles. The van der Waals surface area contributed by atoms with E-state index < -0.39 is 0 Å². The summed E-state index contributed by atoms with van der Waals surface area (Å²) in [4.78, 5) is 21.2. The predicted molar refractivity (Wildman–Crippen MR) is 113 cm³/mol. The second-order valence-corrected chi connectivity index (χ2v) is 6.47. The summed E-state index contributed by atoms with van der Waals surface area (Å²) in [6.45, 7) is 0.412. The lowest BCUT2D eigenvalue weighted by atomic mass is 10.2. The van der Waals surface area contributed by atoms with Gasteiger partial charge < -0.3 is 15.4 Å². The Kier molecular flexibility index (Phi) is 5.33. The van der Waals surface area contributed by atoms with E-state index in [-0.39, 0.29) is 5.91 Å². The number of para-hydroxylation sites is 1. The molecule has 0 unspecified atom stereocenters. The molecule has 1 amide bonds. The fourth-order valence-electron chi connectivity index (χ4n) is 3.01. The molecule has 4 aromatic rings. The molecule has 6 nitrogen and oxygen atoms in total. The highest BCUT2D eigenvalue weighted by Gasteiger charge is 2.09. The van der Waals surface area contributed by atoms with Gasteiger partial charge in [0.25, 0.3) is 5.91 Å². The highest BCUT2D eigenvalue weighted by molar-refractivity contribution is 5.95. The minimum atomic E-state index is -0.236. The van der Waals surface area contributed by atoms with Crippen LogP contribution in [0, 0.1) is 0 Å². The van der Waals surface area contributed by atoms with E-state index in [0.29, 0.717) is 12.2 Å². The third-order valence-electron chi connectivity index (χ3n) is 4.52. The van der Waals surface area contributed by atoms with Gasteiger partial charge in [-0.2, -0.15) is 0 Å². The van der Waals surface area contributed by atoms with Crippen molar-refractivity contribution in [1.82, 2.24) is 15.3 Å². The summed E-state index contributed by atoms with van der Waals surface area (Å²) >= 11 is 0. The molecule has 2 aromatic carbocycles. The number of anilines is 2. The molecular weight excluding hydrogens is 364 g/mol. The van der Waals surface area contributed by atoms with Crippen molar-refractivity contribution in [2.75, 3.05) is 12.4 Å². The van der Waals surface area contributed by atoms with Crippen molar-refractivity contribution in [3.63, 3.8) is 0 Å². The number of fused-ring (bicyclic) bond motifs is 1. The molecule has 2 heterocycles. The summed E-state index contributed by atoms with van der Waals surface area (Å²) in [7, 11) is 1.62. The van der Waals surface area contributed by atoms with Crippen LogP contribution < -0.4 is 15.4 Å². The van der Waals surface area contributed by atoms with Crippen LogP contribution in [0.1, 0.15) is 16.1 Å². The first-order chi connectivity index (χ1) is 14.2. The average molecular weight is 384 g/mol. The molecule has 0 atom stereocenters. The third kappa shape index (κ3) is 4.32. The van der Waals surface area contributed by atoms with Crippen LogP contribution >= 0.6 is 0 Å². The van der Waals surface area contributed by atoms with Crippen LogP contribution in [0.5, 0.6) is 5.75 Å². The molecule has 29 heavy (non-hydrogen) atoms. The second kappa shape index (κ2) is 8.39. The first-order valence-electron chi connectivity index (χ1n) is 9.21. The lowest BCUT2D eigenvalue weighted by molar-refractivity contribution is 0.0946. The van der Waals surface area contributed by atoms with Crippen LogP contribution in [0.25, 0.3) is 10.9 Å². The van der Waals surface area contributed by atoms with E-state index >= 15 is 0 Å². The highest BCUT2D eigenvalue weighted by atomic mass is 16.5.